The van der Waals surface area contributed by atoms with Crippen molar-refractivity contribution >= 4 is 12.1 Å². The Balaban J connectivity index is 1.96. The van der Waals surface area contributed by atoms with Gasteiger partial charge in [0.1, 0.15) is 17.4 Å². The lowest BCUT2D eigenvalue weighted by Crippen LogP contribution is -2.31. The molecule has 0 saturated carbocycles. The number of aryl methyl sites for hydroxylation is 1. The van der Waals surface area contributed by atoms with Crippen LogP contribution in [0.5, 0.6) is 5.75 Å². The summed E-state index contributed by atoms with van der Waals surface area (Å²) in [6, 6.07) is 16.3. The second kappa shape index (κ2) is 9.50. The van der Waals surface area contributed by atoms with Gasteiger partial charge in [-0.2, -0.15) is 20.1 Å². The Bertz CT molecular complexity index is 1240. The average molecular weight is 415 g/mol. The summed E-state index contributed by atoms with van der Waals surface area (Å²) in [6.45, 7) is 3.53. The van der Waals surface area contributed by atoms with E-state index in [0.29, 0.717) is 17.0 Å². The van der Waals surface area contributed by atoms with Gasteiger partial charge < -0.3 is 4.74 Å². The number of para-hydroxylation sites is 1. The van der Waals surface area contributed by atoms with Gasteiger partial charge in [0.15, 0.2) is 5.69 Å². The Hall–Kier alpha value is -4.25. The van der Waals surface area contributed by atoms with Gasteiger partial charge in [0, 0.05) is 11.1 Å². The van der Waals surface area contributed by atoms with Crippen molar-refractivity contribution in [3.8, 4) is 17.5 Å². The van der Waals surface area contributed by atoms with Crippen LogP contribution in [-0.4, -0.2) is 29.0 Å². The van der Waals surface area contributed by atoms with Gasteiger partial charge in [-0.3, -0.25) is 9.59 Å². The van der Waals surface area contributed by atoms with Gasteiger partial charge in [-0.1, -0.05) is 31.2 Å². The summed E-state index contributed by atoms with van der Waals surface area (Å²) in [6.07, 6.45) is 2.29. The molecule has 8 heteroatoms. The van der Waals surface area contributed by atoms with Gasteiger partial charge in [-0.05, 0) is 43.2 Å². The van der Waals surface area contributed by atoms with Gasteiger partial charge in [0.05, 0.1) is 19.0 Å². The first-order valence-electron chi connectivity index (χ1n) is 9.59. The number of nitrogens with zero attached hydrogens (tertiary/aromatic N) is 4. The van der Waals surface area contributed by atoms with Crippen molar-refractivity contribution < 1.29 is 9.53 Å². The zero-order valence-corrected chi connectivity index (χ0v) is 17.4. The number of amides is 1. The Morgan fingerprint density at radius 3 is 2.61 bits per heavy atom. The highest BCUT2D eigenvalue weighted by Gasteiger charge is 2.20. The van der Waals surface area contributed by atoms with Crippen LogP contribution in [0.25, 0.3) is 5.69 Å². The second-order valence-corrected chi connectivity index (χ2v) is 6.64. The Morgan fingerprint density at radius 2 is 1.97 bits per heavy atom. The number of methoxy groups -OCH3 is 1. The molecular formula is C23H21N5O3. The third-order valence-electron chi connectivity index (χ3n) is 4.76. The van der Waals surface area contributed by atoms with E-state index >= 15 is 0 Å². The van der Waals surface area contributed by atoms with E-state index in [0.717, 1.165) is 16.7 Å². The average Bonchev–Trinajstić information content (AvgIpc) is 2.80. The maximum Gasteiger partial charge on any atom is 0.292 e. The predicted molar refractivity (Wildman–Crippen MR) is 117 cm³/mol. The predicted octanol–water partition coefficient (Wildman–Crippen LogP) is 2.75. The third kappa shape index (κ3) is 4.51. The molecular weight excluding hydrogens is 394 g/mol. The van der Waals surface area contributed by atoms with Crippen molar-refractivity contribution in [2.75, 3.05) is 7.11 Å². The number of nitrogens with one attached hydrogen (secondary N) is 1. The smallest absolute Gasteiger partial charge is 0.292 e. The number of benzene rings is 2. The molecule has 3 rings (SSSR count). The molecule has 3 aromatic rings. The molecule has 0 atom stereocenters. The van der Waals surface area contributed by atoms with Crippen molar-refractivity contribution in [3.05, 3.63) is 86.8 Å². The summed E-state index contributed by atoms with van der Waals surface area (Å²) in [5, 5.41) is 17.6. The monoisotopic (exact) mass is 415 g/mol. The van der Waals surface area contributed by atoms with E-state index in [4.69, 9.17) is 4.74 Å². The van der Waals surface area contributed by atoms with Crippen LogP contribution in [0.15, 0.2) is 58.4 Å². The number of carbonyl (C=O) groups is 1. The number of hydrogen-bond donors (Lipinski definition) is 1. The molecule has 0 aliphatic rings. The summed E-state index contributed by atoms with van der Waals surface area (Å²) < 4.78 is 6.30. The summed E-state index contributed by atoms with van der Waals surface area (Å²) in [5.74, 6) is -0.0373. The normalized spacial score (nSPS) is 10.6. The van der Waals surface area contributed by atoms with Gasteiger partial charge in [-0.15, -0.1) is 0 Å². The van der Waals surface area contributed by atoms with E-state index in [1.54, 1.807) is 24.3 Å². The number of ether oxygens (including phenoxy) is 1. The topological polar surface area (TPSA) is 109 Å². The summed E-state index contributed by atoms with van der Waals surface area (Å²) in [4.78, 5) is 25.5. The lowest BCUT2D eigenvalue weighted by molar-refractivity contribution is 0.0947. The zero-order valence-electron chi connectivity index (χ0n) is 17.4. The molecule has 0 fully saturated rings. The minimum atomic E-state index is -0.640. The molecule has 31 heavy (non-hydrogen) atoms. The molecule has 0 bridgehead atoms. The SMILES string of the molecule is CCc1ccc(-n2nc(C(=O)N/N=C/c3ccccc3OC)c(C)c(C#N)c2=O)cc1. The quantitative estimate of drug-likeness (QED) is 0.492. The van der Waals surface area contributed by atoms with E-state index in [1.807, 2.05) is 37.3 Å². The van der Waals surface area contributed by atoms with Gasteiger partial charge in [0.25, 0.3) is 11.5 Å². The molecule has 0 spiro atoms. The summed E-state index contributed by atoms with van der Waals surface area (Å²) in [7, 11) is 1.54. The molecule has 0 aliphatic carbocycles. The van der Waals surface area contributed by atoms with E-state index in [1.165, 1.54) is 20.2 Å². The van der Waals surface area contributed by atoms with Gasteiger partial charge in [-0.25, -0.2) is 5.43 Å². The van der Waals surface area contributed by atoms with E-state index < -0.39 is 11.5 Å². The number of hydrogen-bond acceptors (Lipinski definition) is 6. The van der Waals surface area contributed by atoms with Crippen molar-refractivity contribution in [2.24, 2.45) is 5.10 Å². The van der Waals surface area contributed by atoms with Crippen LogP contribution < -0.4 is 15.7 Å². The highest BCUT2D eigenvalue weighted by atomic mass is 16.5. The number of rotatable bonds is 6. The molecule has 0 saturated heterocycles. The van der Waals surface area contributed by atoms with Crippen LogP contribution in [0.3, 0.4) is 0 Å². The van der Waals surface area contributed by atoms with E-state index in [2.05, 4.69) is 15.6 Å². The van der Waals surface area contributed by atoms with Crippen LogP contribution in [0.4, 0.5) is 0 Å². The maximum absolute atomic E-state index is 12.7. The molecule has 156 valence electrons. The Kier molecular flexibility index (Phi) is 6.58. The number of nitriles is 1. The molecule has 2 aromatic carbocycles. The number of carbonyl (C=O) groups excluding carboxylic acids is 1. The van der Waals surface area contributed by atoms with Crippen LogP contribution in [0.1, 0.15) is 39.7 Å². The van der Waals surface area contributed by atoms with Crippen LogP contribution in [0.2, 0.25) is 0 Å². The summed E-state index contributed by atoms with van der Waals surface area (Å²) >= 11 is 0. The van der Waals surface area contributed by atoms with Crippen molar-refractivity contribution in [1.82, 2.24) is 15.2 Å². The van der Waals surface area contributed by atoms with E-state index in [9.17, 15) is 14.9 Å². The molecule has 0 aliphatic heterocycles. The molecule has 1 N–H and O–H groups in total. The molecule has 0 unspecified atom stereocenters. The van der Waals surface area contributed by atoms with Crippen LogP contribution in [0, 0.1) is 18.3 Å². The van der Waals surface area contributed by atoms with Crippen molar-refractivity contribution in [3.63, 3.8) is 0 Å². The third-order valence-corrected chi connectivity index (χ3v) is 4.76. The first kappa shape index (κ1) is 21.5. The zero-order chi connectivity index (χ0) is 22.4. The fraction of sp³-hybridized carbons (Fsp3) is 0.174. The maximum atomic E-state index is 12.7. The molecule has 1 aromatic heterocycles. The minimum absolute atomic E-state index is 0.0621. The van der Waals surface area contributed by atoms with Gasteiger partial charge in [0.2, 0.25) is 0 Å². The highest BCUT2D eigenvalue weighted by molar-refractivity contribution is 5.95. The first-order valence-corrected chi connectivity index (χ1v) is 9.59. The van der Waals surface area contributed by atoms with E-state index in [-0.39, 0.29) is 16.8 Å². The number of aromatic nitrogens is 2. The van der Waals surface area contributed by atoms with Crippen molar-refractivity contribution in [1.29, 1.82) is 5.26 Å². The lowest BCUT2D eigenvalue weighted by Gasteiger charge is -2.11. The molecule has 1 amide bonds. The minimum Gasteiger partial charge on any atom is -0.496 e. The van der Waals surface area contributed by atoms with Crippen LogP contribution in [-0.2, 0) is 6.42 Å². The fourth-order valence-electron chi connectivity index (χ4n) is 2.99. The Morgan fingerprint density at radius 1 is 1.26 bits per heavy atom. The fourth-order valence-corrected chi connectivity index (χ4v) is 2.99. The Labute approximate surface area is 179 Å². The standard InChI is InChI=1S/C23H21N5O3/c1-4-16-9-11-18(12-10-16)28-23(30)19(13-24)15(2)21(27-28)22(29)26-25-14-17-7-5-6-8-20(17)31-3/h5-12,14H,4H2,1-3H3,(H,26,29)/b25-14+. The van der Waals surface area contributed by atoms with Crippen molar-refractivity contribution in [2.45, 2.75) is 20.3 Å². The van der Waals surface area contributed by atoms with Gasteiger partial charge >= 0.3 is 0 Å². The molecule has 1 heterocycles. The molecule has 8 nitrogen and oxygen atoms in total. The van der Waals surface area contributed by atoms with Crippen LogP contribution >= 0.6 is 0 Å². The largest absolute Gasteiger partial charge is 0.496 e. The lowest BCUT2D eigenvalue weighted by atomic mass is 10.1. The molecule has 0 radical (unpaired) electrons. The second-order valence-electron chi connectivity index (χ2n) is 6.64. The highest BCUT2D eigenvalue weighted by Crippen LogP contribution is 2.15. The first-order chi connectivity index (χ1) is 15.0. The number of hydrazone groups is 1. The summed E-state index contributed by atoms with van der Waals surface area (Å²) in [5.41, 5.74) is 4.03.